The molecule has 0 aromatic carbocycles. The Morgan fingerprint density at radius 1 is 1.56 bits per heavy atom. The first-order chi connectivity index (χ1) is 7.81. The Labute approximate surface area is 90.5 Å². The fourth-order valence-electron chi connectivity index (χ4n) is 1.02. The van der Waals surface area contributed by atoms with Crippen molar-refractivity contribution in [3.8, 4) is 11.6 Å². The van der Waals surface area contributed by atoms with Gasteiger partial charge in [-0.1, -0.05) is 0 Å². The molecule has 2 rings (SSSR count). The summed E-state index contributed by atoms with van der Waals surface area (Å²) in [5.74, 6) is -0.576. The van der Waals surface area contributed by atoms with Gasteiger partial charge >= 0.3 is 5.97 Å². The van der Waals surface area contributed by atoms with Gasteiger partial charge in [0.2, 0.25) is 0 Å². The smallest absolute Gasteiger partial charge is 0.379 e. The third kappa shape index (κ3) is 2.02. The average molecular weight is 220 g/mol. The van der Waals surface area contributed by atoms with Crippen LogP contribution in [0.5, 0.6) is 0 Å². The minimum absolute atomic E-state index is 0.115. The van der Waals surface area contributed by atoms with E-state index in [1.165, 1.54) is 12.5 Å². The highest BCUT2D eigenvalue weighted by Gasteiger charge is 2.16. The van der Waals surface area contributed by atoms with Gasteiger partial charge in [0.15, 0.2) is 0 Å². The second-order valence-electron chi connectivity index (χ2n) is 2.74. The van der Waals surface area contributed by atoms with Gasteiger partial charge in [-0.05, 0) is 18.1 Å². The van der Waals surface area contributed by atoms with Crippen LogP contribution in [0, 0.1) is 0 Å². The van der Waals surface area contributed by atoms with E-state index in [2.05, 4.69) is 20.1 Å². The van der Waals surface area contributed by atoms with E-state index in [1.807, 2.05) is 0 Å². The molecule has 7 nitrogen and oxygen atoms in total. The largest absolute Gasteiger partial charge is 0.460 e. The first-order valence-corrected chi connectivity index (χ1v) is 4.58. The summed E-state index contributed by atoms with van der Waals surface area (Å²) in [6, 6.07) is 1.60. The molecule has 82 valence electrons. The van der Waals surface area contributed by atoms with Crippen molar-refractivity contribution >= 4 is 5.97 Å². The van der Waals surface area contributed by atoms with Gasteiger partial charge in [0.25, 0.3) is 11.7 Å². The maximum Gasteiger partial charge on any atom is 0.379 e. The van der Waals surface area contributed by atoms with Crippen LogP contribution in [0.25, 0.3) is 11.6 Å². The SMILES string of the molecule is CCOC(=O)c1noc(-c2ccncn2)n1. The molecule has 0 unspecified atom stereocenters. The van der Waals surface area contributed by atoms with Crippen LogP contribution in [0.3, 0.4) is 0 Å². The van der Waals surface area contributed by atoms with Crippen LogP contribution in [0.15, 0.2) is 23.1 Å². The summed E-state index contributed by atoms with van der Waals surface area (Å²) < 4.78 is 9.59. The highest BCUT2D eigenvalue weighted by atomic mass is 16.5. The van der Waals surface area contributed by atoms with E-state index in [0.29, 0.717) is 5.69 Å². The highest BCUT2D eigenvalue weighted by Crippen LogP contribution is 2.12. The third-order valence-electron chi connectivity index (χ3n) is 1.69. The lowest BCUT2D eigenvalue weighted by Gasteiger charge is -1.93. The van der Waals surface area contributed by atoms with E-state index in [1.54, 1.807) is 13.0 Å². The summed E-state index contributed by atoms with van der Waals surface area (Å²) in [4.78, 5) is 22.8. The standard InChI is InChI=1S/C9H8N4O3/c1-2-15-9(14)7-12-8(16-13-7)6-3-4-10-5-11-6/h3-5H,2H2,1H3. The molecule has 0 atom stereocenters. The summed E-state index contributed by atoms with van der Waals surface area (Å²) in [5, 5.41) is 3.49. The molecular weight excluding hydrogens is 212 g/mol. The van der Waals surface area contributed by atoms with Crippen LogP contribution in [-0.2, 0) is 4.74 Å². The van der Waals surface area contributed by atoms with Crippen molar-refractivity contribution in [2.75, 3.05) is 6.61 Å². The lowest BCUT2D eigenvalue weighted by molar-refractivity contribution is 0.0508. The quantitative estimate of drug-likeness (QED) is 0.703. The molecule has 7 heteroatoms. The van der Waals surface area contributed by atoms with Gasteiger partial charge in [0.1, 0.15) is 12.0 Å². The zero-order valence-electron chi connectivity index (χ0n) is 8.45. The minimum Gasteiger partial charge on any atom is -0.460 e. The molecule has 0 aliphatic heterocycles. The first-order valence-electron chi connectivity index (χ1n) is 4.58. The number of aromatic nitrogens is 4. The Kier molecular flexibility index (Phi) is 2.86. The van der Waals surface area contributed by atoms with Gasteiger partial charge in [-0.25, -0.2) is 14.8 Å². The summed E-state index contributed by atoms with van der Waals surface area (Å²) in [6.07, 6.45) is 2.89. The number of rotatable bonds is 3. The summed E-state index contributed by atoms with van der Waals surface area (Å²) in [7, 11) is 0. The summed E-state index contributed by atoms with van der Waals surface area (Å²) in [5.41, 5.74) is 0.457. The van der Waals surface area contributed by atoms with E-state index < -0.39 is 5.97 Å². The predicted octanol–water partition coefficient (Wildman–Crippen LogP) is 0.703. The lowest BCUT2D eigenvalue weighted by atomic mass is 10.4. The Hall–Kier alpha value is -2.31. The Balaban J connectivity index is 2.23. The van der Waals surface area contributed by atoms with Gasteiger partial charge in [0, 0.05) is 6.20 Å². The molecular formula is C9H8N4O3. The topological polar surface area (TPSA) is 91.0 Å². The van der Waals surface area contributed by atoms with Gasteiger partial charge in [-0.3, -0.25) is 0 Å². The van der Waals surface area contributed by atoms with Gasteiger partial charge in [-0.15, -0.1) is 0 Å². The molecule has 0 radical (unpaired) electrons. The lowest BCUT2D eigenvalue weighted by Crippen LogP contribution is -2.06. The number of carbonyl (C=O) groups is 1. The molecule has 2 heterocycles. The molecule has 2 aromatic heterocycles. The zero-order chi connectivity index (χ0) is 11.4. The Morgan fingerprint density at radius 3 is 3.12 bits per heavy atom. The van der Waals surface area contributed by atoms with E-state index in [0.717, 1.165) is 0 Å². The van der Waals surface area contributed by atoms with E-state index in [9.17, 15) is 4.79 Å². The average Bonchev–Trinajstić information content (AvgIpc) is 2.80. The summed E-state index contributed by atoms with van der Waals surface area (Å²) >= 11 is 0. The fourth-order valence-corrected chi connectivity index (χ4v) is 1.02. The predicted molar refractivity (Wildman–Crippen MR) is 51.3 cm³/mol. The second kappa shape index (κ2) is 4.47. The zero-order valence-corrected chi connectivity index (χ0v) is 8.45. The maximum absolute atomic E-state index is 11.2. The van der Waals surface area contributed by atoms with Crippen LogP contribution in [0.2, 0.25) is 0 Å². The second-order valence-corrected chi connectivity index (χ2v) is 2.74. The van der Waals surface area contributed by atoms with Crippen molar-refractivity contribution in [3.05, 3.63) is 24.4 Å². The van der Waals surface area contributed by atoms with Crippen LogP contribution < -0.4 is 0 Å². The molecule has 0 saturated heterocycles. The van der Waals surface area contributed by atoms with E-state index in [4.69, 9.17) is 9.26 Å². The van der Waals surface area contributed by atoms with Crippen molar-refractivity contribution in [1.29, 1.82) is 0 Å². The van der Waals surface area contributed by atoms with Crippen molar-refractivity contribution in [2.24, 2.45) is 0 Å². The molecule has 0 fully saturated rings. The van der Waals surface area contributed by atoms with Crippen molar-refractivity contribution in [1.82, 2.24) is 20.1 Å². The molecule has 2 aromatic rings. The Morgan fingerprint density at radius 2 is 2.44 bits per heavy atom. The number of hydrogen-bond acceptors (Lipinski definition) is 7. The third-order valence-corrected chi connectivity index (χ3v) is 1.69. The first kappa shape index (κ1) is 10.2. The molecule has 0 aliphatic rings. The molecule has 0 N–H and O–H groups in total. The van der Waals surface area contributed by atoms with Crippen LogP contribution in [0.4, 0.5) is 0 Å². The van der Waals surface area contributed by atoms with Gasteiger partial charge < -0.3 is 9.26 Å². The number of nitrogens with zero attached hydrogens (tertiary/aromatic N) is 4. The van der Waals surface area contributed by atoms with E-state index in [-0.39, 0.29) is 18.3 Å². The van der Waals surface area contributed by atoms with Gasteiger partial charge in [0.05, 0.1) is 6.61 Å². The van der Waals surface area contributed by atoms with E-state index >= 15 is 0 Å². The monoisotopic (exact) mass is 220 g/mol. The molecule has 16 heavy (non-hydrogen) atoms. The van der Waals surface area contributed by atoms with Crippen LogP contribution in [-0.4, -0.2) is 32.7 Å². The van der Waals surface area contributed by atoms with Crippen LogP contribution >= 0.6 is 0 Å². The molecule has 0 amide bonds. The normalized spacial score (nSPS) is 10.1. The molecule has 0 spiro atoms. The fraction of sp³-hybridized carbons (Fsp3) is 0.222. The van der Waals surface area contributed by atoms with Crippen molar-refractivity contribution in [2.45, 2.75) is 6.92 Å². The van der Waals surface area contributed by atoms with Gasteiger partial charge in [-0.2, -0.15) is 4.98 Å². The summed E-state index contributed by atoms with van der Waals surface area (Å²) in [6.45, 7) is 1.96. The molecule has 0 aliphatic carbocycles. The molecule has 0 bridgehead atoms. The van der Waals surface area contributed by atoms with Crippen LogP contribution in [0.1, 0.15) is 17.5 Å². The molecule has 0 saturated carbocycles. The maximum atomic E-state index is 11.2. The number of ether oxygens (including phenoxy) is 1. The van der Waals surface area contributed by atoms with Crippen molar-refractivity contribution in [3.63, 3.8) is 0 Å². The number of hydrogen-bond donors (Lipinski definition) is 0. The highest BCUT2D eigenvalue weighted by molar-refractivity contribution is 5.85. The minimum atomic E-state index is -0.619. The van der Waals surface area contributed by atoms with Crippen molar-refractivity contribution < 1.29 is 14.1 Å². The number of carbonyl (C=O) groups excluding carboxylic acids is 1. The number of esters is 1. The Bertz CT molecular complexity index is 483.